The molecular weight excluding hydrogens is 446 g/mol. The quantitative estimate of drug-likeness (QED) is 0.396. The van der Waals surface area contributed by atoms with Gasteiger partial charge in [-0.3, -0.25) is 14.5 Å². The number of rotatable bonds is 8. The molecule has 180 valence electrons. The zero-order chi connectivity index (χ0) is 24.1. The van der Waals surface area contributed by atoms with Gasteiger partial charge in [0.2, 0.25) is 5.91 Å². The van der Waals surface area contributed by atoms with Gasteiger partial charge in [0.1, 0.15) is 0 Å². The van der Waals surface area contributed by atoms with Crippen molar-refractivity contribution in [2.24, 2.45) is 7.05 Å². The minimum atomic E-state index is -0.171. The summed E-state index contributed by atoms with van der Waals surface area (Å²) < 4.78 is 1.59. The summed E-state index contributed by atoms with van der Waals surface area (Å²) in [5.74, 6) is 0.118. The van der Waals surface area contributed by atoms with E-state index in [0.29, 0.717) is 17.6 Å². The number of amides is 1. The average molecular weight is 480 g/mol. The van der Waals surface area contributed by atoms with E-state index in [0.717, 1.165) is 43.6 Å². The van der Waals surface area contributed by atoms with E-state index in [1.807, 2.05) is 24.3 Å². The number of benzene rings is 2. The van der Waals surface area contributed by atoms with Crippen LogP contribution in [0.2, 0.25) is 0 Å². The first-order valence-corrected chi connectivity index (χ1v) is 12.8. The Kier molecular flexibility index (Phi) is 7.90. The molecule has 1 aliphatic rings. The van der Waals surface area contributed by atoms with Gasteiger partial charge in [-0.1, -0.05) is 36.0 Å². The van der Waals surface area contributed by atoms with E-state index in [1.54, 1.807) is 11.6 Å². The maximum absolute atomic E-state index is 12.5. The summed E-state index contributed by atoms with van der Waals surface area (Å²) >= 11 is 1.20. The molecule has 0 spiro atoms. The lowest BCUT2D eigenvalue weighted by molar-refractivity contribution is -0.118. The standard InChI is InChI=1S/C26H33N5O2S/c1-19-8-6-9-21(16-19)31-15-14-30(17-20(31)2)13-7-12-27-24(32)18-34-25-26(33)29(3)23-11-5-4-10-22(23)28-25/h4-6,8-11,16,20H,7,12-15,17-18H2,1-3H3,(H,27,32)/t20-/m0/s1. The van der Waals surface area contributed by atoms with Crippen LogP contribution in [0, 0.1) is 6.92 Å². The Morgan fingerprint density at radius 3 is 2.79 bits per heavy atom. The van der Waals surface area contributed by atoms with Crippen LogP contribution in [0.3, 0.4) is 0 Å². The summed E-state index contributed by atoms with van der Waals surface area (Å²) in [4.78, 5) is 34.2. The number of thioether (sulfide) groups is 1. The van der Waals surface area contributed by atoms with Crippen LogP contribution in [0.25, 0.3) is 11.0 Å². The molecule has 1 atom stereocenters. The van der Waals surface area contributed by atoms with E-state index in [9.17, 15) is 9.59 Å². The lowest BCUT2D eigenvalue weighted by Gasteiger charge is -2.41. The number of carbonyl (C=O) groups is 1. The van der Waals surface area contributed by atoms with Crippen molar-refractivity contribution < 1.29 is 4.79 Å². The van der Waals surface area contributed by atoms with Crippen LogP contribution < -0.4 is 15.8 Å². The number of hydrogen-bond donors (Lipinski definition) is 1. The Morgan fingerprint density at radius 2 is 2.00 bits per heavy atom. The van der Waals surface area contributed by atoms with Crippen molar-refractivity contribution in [1.82, 2.24) is 19.8 Å². The molecule has 2 aromatic carbocycles. The fraction of sp³-hybridized carbons (Fsp3) is 0.423. The van der Waals surface area contributed by atoms with E-state index in [-0.39, 0.29) is 17.2 Å². The number of nitrogens with one attached hydrogen (secondary N) is 1. The van der Waals surface area contributed by atoms with Gasteiger partial charge in [-0.2, -0.15) is 0 Å². The first-order chi connectivity index (χ1) is 16.4. The molecule has 4 rings (SSSR count). The summed E-state index contributed by atoms with van der Waals surface area (Å²) in [6.07, 6.45) is 0.906. The van der Waals surface area contributed by atoms with Gasteiger partial charge < -0.3 is 14.8 Å². The second kappa shape index (κ2) is 11.1. The van der Waals surface area contributed by atoms with Gasteiger partial charge in [0.25, 0.3) is 5.56 Å². The maximum atomic E-state index is 12.5. The lowest BCUT2D eigenvalue weighted by Crippen LogP contribution is -2.52. The molecule has 0 bridgehead atoms. The number of carbonyl (C=O) groups excluding carboxylic acids is 1. The van der Waals surface area contributed by atoms with Crippen LogP contribution in [0.15, 0.2) is 58.4 Å². The highest BCUT2D eigenvalue weighted by Gasteiger charge is 2.23. The molecule has 1 aromatic heterocycles. The Balaban J connectivity index is 1.19. The number of hydrogen-bond acceptors (Lipinski definition) is 6. The van der Waals surface area contributed by atoms with Crippen LogP contribution in [-0.2, 0) is 11.8 Å². The third-order valence-electron chi connectivity index (χ3n) is 6.31. The highest BCUT2D eigenvalue weighted by atomic mass is 32.2. The maximum Gasteiger partial charge on any atom is 0.283 e. The number of nitrogens with zero attached hydrogens (tertiary/aromatic N) is 4. The third kappa shape index (κ3) is 5.80. The monoisotopic (exact) mass is 479 g/mol. The molecule has 3 aromatic rings. The number of para-hydroxylation sites is 2. The van der Waals surface area contributed by atoms with Gasteiger partial charge >= 0.3 is 0 Å². The molecule has 0 radical (unpaired) electrons. The molecule has 1 N–H and O–H groups in total. The molecule has 1 fully saturated rings. The van der Waals surface area contributed by atoms with E-state index in [4.69, 9.17) is 0 Å². The Morgan fingerprint density at radius 1 is 1.18 bits per heavy atom. The zero-order valence-corrected chi connectivity index (χ0v) is 21.0. The first kappa shape index (κ1) is 24.3. The highest BCUT2D eigenvalue weighted by molar-refractivity contribution is 7.99. The molecule has 0 saturated carbocycles. The predicted octanol–water partition coefficient (Wildman–Crippen LogP) is 3.05. The largest absolute Gasteiger partial charge is 0.366 e. The molecule has 7 nitrogen and oxygen atoms in total. The Bertz CT molecular complexity index is 1210. The van der Waals surface area contributed by atoms with E-state index in [2.05, 4.69) is 58.2 Å². The van der Waals surface area contributed by atoms with Crippen LogP contribution >= 0.6 is 11.8 Å². The van der Waals surface area contributed by atoms with Gasteiger partial charge in [0, 0.05) is 45.0 Å². The second-order valence-corrected chi connectivity index (χ2v) is 9.91. The summed E-state index contributed by atoms with van der Waals surface area (Å²) in [6.45, 7) is 9.07. The van der Waals surface area contributed by atoms with Crippen molar-refractivity contribution in [3.63, 3.8) is 0 Å². The highest BCUT2D eigenvalue weighted by Crippen LogP contribution is 2.21. The summed E-state index contributed by atoms with van der Waals surface area (Å²) in [5.41, 5.74) is 3.96. The second-order valence-electron chi connectivity index (χ2n) is 8.94. The molecule has 8 heteroatoms. The fourth-order valence-electron chi connectivity index (χ4n) is 4.49. The van der Waals surface area contributed by atoms with Crippen molar-refractivity contribution in [3.05, 3.63) is 64.4 Å². The van der Waals surface area contributed by atoms with Crippen LogP contribution in [0.1, 0.15) is 18.9 Å². The fourth-order valence-corrected chi connectivity index (χ4v) is 5.28. The topological polar surface area (TPSA) is 70.5 Å². The van der Waals surface area contributed by atoms with Gasteiger partial charge in [0.15, 0.2) is 5.03 Å². The SMILES string of the molecule is Cc1cccc(N2CCN(CCCNC(=O)CSc3nc4ccccc4n(C)c3=O)C[C@@H]2C)c1. The van der Waals surface area contributed by atoms with Gasteiger partial charge in [-0.15, -0.1) is 0 Å². The van der Waals surface area contributed by atoms with E-state index < -0.39 is 0 Å². The summed E-state index contributed by atoms with van der Waals surface area (Å²) in [6, 6.07) is 16.7. The predicted molar refractivity (Wildman–Crippen MR) is 140 cm³/mol. The summed E-state index contributed by atoms with van der Waals surface area (Å²) in [7, 11) is 1.73. The third-order valence-corrected chi connectivity index (χ3v) is 7.26. The number of anilines is 1. The first-order valence-electron chi connectivity index (χ1n) is 11.8. The molecular formula is C26H33N5O2S. The van der Waals surface area contributed by atoms with Crippen molar-refractivity contribution in [2.75, 3.05) is 43.4 Å². The molecule has 1 saturated heterocycles. The average Bonchev–Trinajstić information content (AvgIpc) is 2.83. The van der Waals surface area contributed by atoms with Gasteiger partial charge in [0.05, 0.1) is 16.8 Å². The Labute approximate surface area is 205 Å². The normalized spacial score (nSPS) is 16.7. The minimum absolute atomic E-state index is 0.0698. The number of aryl methyl sites for hydroxylation is 2. The van der Waals surface area contributed by atoms with Gasteiger partial charge in [-0.05, 0) is 56.6 Å². The van der Waals surface area contributed by atoms with Crippen LogP contribution in [0.5, 0.6) is 0 Å². The summed E-state index contributed by atoms with van der Waals surface area (Å²) in [5, 5.41) is 3.34. The smallest absolute Gasteiger partial charge is 0.283 e. The number of aromatic nitrogens is 2. The van der Waals surface area contributed by atoms with E-state index in [1.165, 1.54) is 23.0 Å². The minimum Gasteiger partial charge on any atom is -0.366 e. The number of piperazine rings is 1. The lowest BCUT2D eigenvalue weighted by atomic mass is 10.1. The Hall–Kier alpha value is -2.84. The van der Waals surface area contributed by atoms with Crippen LogP contribution in [-0.4, -0.2) is 64.9 Å². The van der Waals surface area contributed by atoms with Gasteiger partial charge in [-0.25, -0.2) is 4.98 Å². The molecule has 1 amide bonds. The molecule has 0 aliphatic carbocycles. The van der Waals surface area contributed by atoms with E-state index >= 15 is 0 Å². The van der Waals surface area contributed by atoms with Crippen molar-refractivity contribution in [1.29, 1.82) is 0 Å². The molecule has 2 heterocycles. The molecule has 0 unspecified atom stereocenters. The van der Waals surface area contributed by atoms with Crippen LogP contribution in [0.4, 0.5) is 5.69 Å². The zero-order valence-electron chi connectivity index (χ0n) is 20.2. The van der Waals surface area contributed by atoms with Crippen molar-refractivity contribution >= 4 is 34.4 Å². The number of fused-ring (bicyclic) bond motifs is 1. The molecule has 1 aliphatic heterocycles. The van der Waals surface area contributed by atoms with Crippen molar-refractivity contribution in [3.8, 4) is 0 Å². The molecule has 34 heavy (non-hydrogen) atoms. The van der Waals surface area contributed by atoms with Crippen molar-refractivity contribution in [2.45, 2.75) is 31.3 Å².